The highest BCUT2D eigenvalue weighted by Gasteiger charge is 2.60. The summed E-state index contributed by atoms with van der Waals surface area (Å²) >= 11 is 0. The van der Waals surface area contributed by atoms with Crippen molar-refractivity contribution in [2.45, 2.75) is 39.4 Å². The Kier molecular flexibility index (Phi) is 3.91. The Hall–Kier alpha value is -1.36. The maximum absolute atomic E-state index is 11.8. The number of aliphatic hydroxyl groups excluding tert-OH is 1. The highest BCUT2D eigenvalue weighted by molar-refractivity contribution is 5.87. The minimum atomic E-state index is -0.696. The summed E-state index contributed by atoms with van der Waals surface area (Å²) in [6, 6.07) is 0. The summed E-state index contributed by atoms with van der Waals surface area (Å²) in [7, 11) is 0. The second-order valence-corrected chi connectivity index (χ2v) is 5.87. The molecule has 112 valence electrons. The number of carbonyl (C=O) groups is 2. The van der Waals surface area contributed by atoms with Crippen LogP contribution in [0.1, 0.15) is 27.2 Å². The molecule has 4 aliphatic rings. The number of hydrogen-bond acceptors (Lipinski definition) is 5. The zero-order valence-electron chi connectivity index (χ0n) is 10.9. The molecule has 0 amide bonds. The van der Waals surface area contributed by atoms with Crippen molar-refractivity contribution in [2.24, 2.45) is 23.7 Å². The van der Waals surface area contributed by atoms with Gasteiger partial charge < -0.3 is 14.6 Å². The highest BCUT2D eigenvalue weighted by atomic mass is 16.6. The zero-order chi connectivity index (χ0) is 13.7. The molecule has 0 radical (unpaired) electrons. The topological polar surface area (TPSA) is 72.8 Å². The first kappa shape index (κ1) is 15.0. The minimum absolute atomic E-state index is 0. The zero-order valence-corrected chi connectivity index (χ0v) is 10.9. The van der Waals surface area contributed by atoms with E-state index in [-0.39, 0.29) is 37.1 Å². The maximum Gasteiger partial charge on any atom is 0.333 e. The Morgan fingerprint density at radius 3 is 2.65 bits per heavy atom. The summed E-state index contributed by atoms with van der Waals surface area (Å²) < 4.78 is 10.5. The average molecular weight is 282 g/mol. The van der Waals surface area contributed by atoms with Crippen molar-refractivity contribution >= 4 is 11.9 Å². The lowest BCUT2D eigenvalue weighted by molar-refractivity contribution is -0.188. The van der Waals surface area contributed by atoms with E-state index >= 15 is 0 Å². The molecule has 1 aliphatic heterocycles. The van der Waals surface area contributed by atoms with Crippen LogP contribution >= 0.6 is 0 Å². The van der Waals surface area contributed by atoms with E-state index in [2.05, 4.69) is 6.58 Å². The van der Waals surface area contributed by atoms with Gasteiger partial charge >= 0.3 is 11.9 Å². The van der Waals surface area contributed by atoms with Crippen molar-refractivity contribution < 1.29 is 24.2 Å². The lowest BCUT2D eigenvalue weighted by Crippen LogP contribution is -2.58. The van der Waals surface area contributed by atoms with Crippen LogP contribution in [0.25, 0.3) is 0 Å². The molecule has 2 bridgehead atoms. The summed E-state index contributed by atoms with van der Waals surface area (Å²) in [5, 5.41) is 10.3. The Morgan fingerprint density at radius 1 is 1.35 bits per heavy atom. The molecule has 1 saturated heterocycles. The Labute approximate surface area is 118 Å². The number of ether oxygens (including phenoxy) is 2. The van der Waals surface area contributed by atoms with Gasteiger partial charge in [0.2, 0.25) is 0 Å². The molecule has 3 aliphatic carbocycles. The molecule has 5 nitrogen and oxygen atoms in total. The molecule has 3 saturated carbocycles. The van der Waals surface area contributed by atoms with Gasteiger partial charge in [-0.2, -0.15) is 0 Å². The van der Waals surface area contributed by atoms with Crippen LogP contribution in [0.15, 0.2) is 12.2 Å². The SMILES string of the molecule is C.C=C(C)C(=O)OC1C(O)C2CCC1C1C(=O)OCC21. The lowest BCUT2D eigenvalue weighted by Gasteiger charge is -2.50. The number of fused-ring (bicyclic) bond motifs is 2. The molecular formula is C15H22O5. The minimum Gasteiger partial charge on any atom is -0.465 e. The van der Waals surface area contributed by atoms with Crippen molar-refractivity contribution in [1.29, 1.82) is 0 Å². The monoisotopic (exact) mass is 282 g/mol. The Morgan fingerprint density at radius 2 is 2.00 bits per heavy atom. The predicted octanol–water partition coefficient (Wildman–Crippen LogP) is 1.30. The first-order valence-corrected chi connectivity index (χ1v) is 6.72. The Balaban J connectivity index is 0.00000147. The molecule has 0 aromatic rings. The standard InChI is InChI=1S/C14H18O5.CH4/c1-6(2)13(16)19-12-8-4-3-7(11(12)15)9-5-18-14(17)10(8)9;/h7-12,15H,1,3-5H2,2H3;1H4. The molecule has 1 heterocycles. The summed E-state index contributed by atoms with van der Waals surface area (Å²) in [6.45, 7) is 5.50. The van der Waals surface area contributed by atoms with E-state index in [1.807, 2.05) is 0 Å². The van der Waals surface area contributed by atoms with Gasteiger partial charge in [0.1, 0.15) is 6.10 Å². The fraction of sp³-hybridized carbons (Fsp3) is 0.733. The fourth-order valence-corrected chi connectivity index (χ4v) is 3.88. The van der Waals surface area contributed by atoms with Gasteiger partial charge in [-0.1, -0.05) is 14.0 Å². The summed E-state index contributed by atoms with van der Waals surface area (Å²) in [5.74, 6) is -0.971. The van der Waals surface area contributed by atoms with E-state index < -0.39 is 18.2 Å². The summed E-state index contributed by atoms with van der Waals surface area (Å²) in [6.07, 6.45) is 0.365. The maximum atomic E-state index is 11.8. The van der Waals surface area contributed by atoms with Crippen molar-refractivity contribution in [3.05, 3.63) is 12.2 Å². The van der Waals surface area contributed by atoms with E-state index in [4.69, 9.17) is 9.47 Å². The Bertz CT molecular complexity index is 444. The number of aliphatic hydroxyl groups is 1. The van der Waals surface area contributed by atoms with Crippen LogP contribution < -0.4 is 0 Å². The van der Waals surface area contributed by atoms with Gasteiger partial charge in [-0.15, -0.1) is 0 Å². The predicted molar refractivity (Wildman–Crippen MR) is 71.6 cm³/mol. The second-order valence-electron chi connectivity index (χ2n) is 5.87. The number of hydrogen-bond donors (Lipinski definition) is 1. The first-order valence-electron chi connectivity index (χ1n) is 6.72. The van der Waals surface area contributed by atoms with Gasteiger partial charge in [0.25, 0.3) is 0 Å². The van der Waals surface area contributed by atoms with Crippen molar-refractivity contribution in [1.82, 2.24) is 0 Å². The van der Waals surface area contributed by atoms with E-state index in [1.165, 1.54) is 0 Å². The van der Waals surface area contributed by atoms with E-state index in [0.717, 1.165) is 12.8 Å². The van der Waals surface area contributed by atoms with Crippen LogP contribution in [0.5, 0.6) is 0 Å². The van der Waals surface area contributed by atoms with Gasteiger partial charge in [-0.05, 0) is 25.7 Å². The van der Waals surface area contributed by atoms with Crippen LogP contribution in [0.3, 0.4) is 0 Å². The normalized spacial score (nSPS) is 41.4. The van der Waals surface area contributed by atoms with Crippen LogP contribution in [0, 0.1) is 23.7 Å². The smallest absolute Gasteiger partial charge is 0.333 e. The molecule has 4 fully saturated rings. The third-order valence-corrected chi connectivity index (χ3v) is 4.78. The quantitative estimate of drug-likeness (QED) is 0.610. The van der Waals surface area contributed by atoms with Crippen LogP contribution in [-0.2, 0) is 19.1 Å². The van der Waals surface area contributed by atoms with Gasteiger partial charge in [-0.25, -0.2) is 4.79 Å². The molecule has 20 heavy (non-hydrogen) atoms. The molecule has 4 rings (SSSR count). The molecule has 6 atom stereocenters. The fourth-order valence-electron chi connectivity index (χ4n) is 3.88. The molecular weight excluding hydrogens is 260 g/mol. The van der Waals surface area contributed by atoms with Crippen molar-refractivity contribution in [3.8, 4) is 0 Å². The number of esters is 2. The third kappa shape index (κ3) is 2.04. The van der Waals surface area contributed by atoms with E-state index in [1.54, 1.807) is 6.92 Å². The van der Waals surface area contributed by atoms with Crippen molar-refractivity contribution in [2.75, 3.05) is 6.61 Å². The molecule has 5 heteroatoms. The van der Waals surface area contributed by atoms with E-state index in [0.29, 0.717) is 12.2 Å². The van der Waals surface area contributed by atoms with Gasteiger partial charge in [0.15, 0.2) is 0 Å². The van der Waals surface area contributed by atoms with Crippen LogP contribution in [-0.4, -0.2) is 35.9 Å². The number of carbonyl (C=O) groups excluding carboxylic acids is 2. The van der Waals surface area contributed by atoms with Gasteiger partial charge in [0, 0.05) is 17.4 Å². The van der Waals surface area contributed by atoms with Crippen molar-refractivity contribution in [3.63, 3.8) is 0 Å². The summed E-state index contributed by atoms with van der Waals surface area (Å²) in [5.41, 5.74) is 0.305. The first-order chi connectivity index (χ1) is 9.00. The highest BCUT2D eigenvalue weighted by Crippen LogP contribution is 2.52. The molecule has 0 spiro atoms. The van der Waals surface area contributed by atoms with Gasteiger partial charge in [-0.3, -0.25) is 4.79 Å². The molecule has 0 aromatic carbocycles. The largest absolute Gasteiger partial charge is 0.465 e. The lowest BCUT2D eigenvalue weighted by atomic mass is 9.57. The second kappa shape index (κ2) is 5.20. The summed E-state index contributed by atoms with van der Waals surface area (Å²) in [4.78, 5) is 23.5. The van der Waals surface area contributed by atoms with Gasteiger partial charge in [0.05, 0.1) is 18.6 Å². The third-order valence-electron chi connectivity index (χ3n) is 4.78. The van der Waals surface area contributed by atoms with Crippen LogP contribution in [0.4, 0.5) is 0 Å². The molecule has 6 unspecified atom stereocenters. The molecule has 0 aromatic heterocycles. The average Bonchev–Trinajstić information content (AvgIpc) is 2.77. The number of rotatable bonds is 2. The molecule has 1 N–H and O–H groups in total. The number of cyclic esters (lactones) is 1. The van der Waals surface area contributed by atoms with E-state index in [9.17, 15) is 14.7 Å². The van der Waals surface area contributed by atoms with Crippen LogP contribution in [0.2, 0.25) is 0 Å².